The maximum atomic E-state index is 11.9. The average Bonchev–Trinajstić information content (AvgIpc) is 2.60. The summed E-state index contributed by atoms with van der Waals surface area (Å²) in [6.45, 7) is 2.26. The topological polar surface area (TPSA) is 52.3 Å². The van der Waals surface area contributed by atoms with Crippen molar-refractivity contribution < 1.29 is 9.53 Å². The summed E-state index contributed by atoms with van der Waals surface area (Å²) in [5.74, 6) is -0.369. The van der Waals surface area contributed by atoms with E-state index in [0.29, 0.717) is 12.2 Å². The van der Waals surface area contributed by atoms with Gasteiger partial charge in [-0.1, -0.05) is 66.7 Å². The summed E-state index contributed by atoms with van der Waals surface area (Å²) in [6, 6.07) is 20.1. The van der Waals surface area contributed by atoms with E-state index in [4.69, 9.17) is 10.5 Å². The Morgan fingerprint density at radius 2 is 1.48 bits per heavy atom. The first-order chi connectivity index (χ1) is 11.3. The standard InChI is InChI=1S/C20H21NO2/c1-2-23-20(22)18(15-21)13-14-19(16-9-5-3-6-10-16)17-11-7-4-8-12-17/h3-14H,2,15,21H2,1H3. The van der Waals surface area contributed by atoms with Crippen molar-refractivity contribution in [2.24, 2.45) is 5.73 Å². The van der Waals surface area contributed by atoms with E-state index in [2.05, 4.69) is 0 Å². The lowest BCUT2D eigenvalue weighted by Gasteiger charge is -2.08. The second-order valence-corrected chi connectivity index (χ2v) is 4.93. The summed E-state index contributed by atoms with van der Waals surface area (Å²) in [5.41, 5.74) is 9.31. The number of carbonyl (C=O) groups excluding carboxylic acids is 1. The van der Waals surface area contributed by atoms with Gasteiger partial charge in [-0.25, -0.2) is 4.79 Å². The molecule has 0 aromatic heterocycles. The zero-order valence-electron chi connectivity index (χ0n) is 13.2. The van der Waals surface area contributed by atoms with E-state index in [1.54, 1.807) is 13.0 Å². The second-order valence-electron chi connectivity index (χ2n) is 4.93. The molecule has 3 nitrogen and oxygen atoms in total. The Bertz CT molecular complexity index is 647. The van der Waals surface area contributed by atoms with Gasteiger partial charge in [0.05, 0.1) is 12.2 Å². The molecule has 0 heterocycles. The van der Waals surface area contributed by atoms with Crippen LogP contribution < -0.4 is 5.73 Å². The molecule has 0 aliphatic carbocycles. The third kappa shape index (κ3) is 4.66. The van der Waals surface area contributed by atoms with Crippen LogP contribution in [0.3, 0.4) is 0 Å². The second kappa shape index (κ2) is 8.71. The van der Waals surface area contributed by atoms with E-state index in [0.717, 1.165) is 16.7 Å². The molecule has 0 aliphatic rings. The van der Waals surface area contributed by atoms with Crippen LogP contribution in [-0.2, 0) is 9.53 Å². The van der Waals surface area contributed by atoms with E-state index >= 15 is 0 Å². The van der Waals surface area contributed by atoms with Gasteiger partial charge in [-0.3, -0.25) is 0 Å². The molecular weight excluding hydrogens is 286 g/mol. The van der Waals surface area contributed by atoms with Crippen LogP contribution in [0.25, 0.3) is 5.57 Å². The van der Waals surface area contributed by atoms with Crippen molar-refractivity contribution in [3.63, 3.8) is 0 Å². The van der Waals surface area contributed by atoms with Gasteiger partial charge in [0, 0.05) is 6.54 Å². The number of nitrogens with two attached hydrogens (primary N) is 1. The summed E-state index contributed by atoms with van der Waals surface area (Å²) >= 11 is 0. The predicted octanol–water partition coefficient (Wildman–Crippen LogP) is 3.57. The minimum atomic E-state index is -0.369. The molecule has 0 saturated carbocycles. The van der Waals surface area contributed by atoms with Gasteiger partial charge < -0.3 is 10.5 Å². The van der Waals surface area contributed by atoms with E-state index in [-0.39, 0.29) is 12.5 Å². The van der Waals surface area contributed by atoms with Gasteiger partial charge >= 0.3 is 5.97 Å². The Balaban J connectivity index is 2.43. The molecule has 2 aromatic carbocycles. The molecule has 23 heavy (non-hydrogen) atoms. The number of allylic oxidation sites excluding steroid dienone is 2. The van der Waals surface area contributed by atoms with Crippen LogP contribution in [0.5, 0.6) is 0 Å². The largest absolute Gasteiger partial charge is 0.463 e. The van der Waals surface area contributed by atoms with Crippen molar-refractivity contribution in [3.8, 4) is 0 Å². The highest BCUT2D eigenvalue weighted by atomic mass is 16.5. The molecule has 3 heteroatoms. The van der Waals surface area contributed by atoms with E-state index in [9.17, 15) is 4.79 Å². The Morgan fingerprint density at radius 3 is 1.91 bits per heavy atom. The number of carbonyl (C=O) groups is 1. The van der Waals surface area contributed by atoms with Crippen molar-refractivity contribution >= 4 is 11.5 Å². The number of benzene rings is 2. The van der Waals surface area contributed by atoms with Crippen LogP contribution in [0.1, 0.15) is 18.1 Å². The molecule has 0 fully saturated rings. The Labute approximate surface area is 137 Å². The van der Waals surface area contributed by atoms with E-state index in [1.807, 2.05) is 66.7 Å². The zero-order valence-corrected chi connectivity index (χ0v) is 13.2. The molecule has 0 saturated heterocycles. The highest BCUT2D eigenvalue weighted by Gasteiger charge is 2.08. The smallest absolute Gasteiger partial charge is 0.335 e. The highest BCUT2D eigenvalue weighted by molar-refractivity contribution is 5.90. The van der Waals surface area contributed by atoms with Gasteiger partial charge in [0.15, 0.2) is 0 Å². The van der Waals surface area contributed by atoms with Gasteiger partial charge in [-0.05, 0) is 29.7 Å². The molecule has 2 aromatic rings. The maximum absolute atomic E-state index is 11.9. The molecule has 2 N–H and O–H groups in total. The van der Waals surface area contributed by atoms with Crippen LogP contribution in [0.2, 0.25) is 0 Å². The van der Waals surface area contributed by atoms with Crippen LogP contribution in [0.4, 0.5) is 0 Å². The van der Waals surface area contributed by atoms with Crippen molar-refractivity contribution in [3.05, 3.63) is 89.5 Å². The summed E-state index contributed by atoms with van der Waals surface area (Å²) < 4.78 is 5.02. The van der Waals surface area contributed by atoms with Crippen LogP contribution >= 0.6 is 0 Å². The Morgan fingerprint density at radius 1 is 0.957 bits per heavy atom. The fraction of sp³-hybridized carbons (Fsp3) is 0.150. The first kappa shape index (κ1) is 16.7. The zero-order chi connectivity index (χ0) is 16.5. The van der Waals surface area contributed by atoms with E-state index < -0.39 is 0 Å². The van der Waals surface area contributed by atoms with Crippen LogP contribution in [0, 0.1) is 0 Å². The summed E-state index contributed by atoms with van der Waals surface area (Å²) in [5, 5.41) is 0. The van der Waals surface area contributed by atoms with Crippen molar-refractivity contribution in [1.29, 1.82) is 0 Å². The first-order valence-corrected chi connectivity index (χ1v) is 7.65. The van der Waals surface area contributed by atoms with Crippen molar-refractivity contribution in [2.45, 2.75) is 6.92 Å². The number of rotatable bonds is 6. The average molecular weight is 307 g/mol. The third-order valence-electron chi connectivity index (χ3n) is 3.38. The van der Waals surface area contributed by atoms with Crippen LogP contribution in [0.15, 0.2) is 78.4 Å². The minimum Gasteiger partial charge on any atom is -0.463 e. The Hall–Kier alpha value is -2.65. The molecular formula is C20H21NO2. The molecule has 0 bridgehead atoms. The van der Waals surface area contributed by atoms with Crippen LogP contribution in [-0.4, -0.2) is 19.1 Å². The monoisotopic (exact) mass is 307 g/mol. The summed E-state index contributed by atoms with van der Waals surface area (Å²) in [4.78, 5) is 11.9. The third-order valence-corrected chi connectivity index (χ3v) is 3.38. The fourth-order valence-electron chi connectivity index (χ4n) is 2.22. The van der Waals surface area contributed by atoms with Gasteiger partial charge in [-0.2, -0.15) is 0 Å². The van der Waals surface area contributed by atoms with Gasteiger partial charge in [0.2, 0.25) is 0 Å². The van der Waals surface area contributed by atoms with E-state index in [1.165, 1.54) is 0 Å². The van der Waals surface area contributed by atoms with Gasteiger partial charge in [0.1, 0.15) is 0 Å². The predicted molar refractivity (Wildman–Crippen MR) is 93.7 cm³/mol. The molecule has 0 unspecified atom stereocenters. The molecule has 0 spiro atoms. The SMILES string of the molecule is CCOC(=O)C(=CC=C(c1ccccc1)c1ccccc1)CN. The molecule has 0 atom stereocenters. The minimum absolute atomic E-state index is 0.145. The maximum Gasteiger partial charge on any atom is 0.335 e. The quantitative estimate of drug-likeness (QED) is 0.504. The molecule has 118 valence electrons. The first-order valence-electron chi connectivity index (χ1n) is 7.65. The lowest BCUT2D eigenvalue weighted by atomic mass is 9.97. The van der Waals surface area contributed by atoms with Gasteiger partial charge in [-0.15, -0.1) is 0 Å². The summed E-state index contributed by atoms with van der Waals surface area (Å²) in [6.07, 6.45) is 3.66. The molecule has 0 radical (unpaired) electrons. The van der Waals surface area contributed by atoms with Crippen molar-refractivity contribution in [2.75, 3.05) is 13.2 Å². The summed E-state index contributed by atoms with van der Waals surface area (Å²) in [7, 11) is 0. The number of esters is 1. The normalized spacial score (nSPS) is 11.0. The van der Waals surface area contributed by atoms with Gasteiger partial charge in [0.25, 0.3) is 0 Å². The number of ether oxygens (including phenoxy) is 1. The molecule has 2 rings (SSSR count). The number of hydrogen-bond acceptors (Lipinski definition) is 3. The molecule has 0 amide bonds. The van der Waals surface area contributed by atoms with Crippen molar-refractivity contribution in [1.82, 2.24) is 0 Å². The fourth-order valence-corrected chi connectivity index (χ4v) is 2.22. The Kier molecular flexibility index (Phi) is 6.33. The highest BCUT2D eigenvalue weighted by Crippen LogP contribution is 2.23. The lowest BCUT2D eigenvalue weighted by molar-refractivity contribution is -0.138. The number of hydrogen-bond donors (Lipinski definition) is 1. The lowest BCUT2D eigenvalue weighted by Crippen LogP contribution is -2.15. The molecule has 0 aliphatic heterocycles.